The first-order valence-electron chi connectivity index (χ1n) is 10.7. The van der Waals surface area contributed by atoms with E-state index in [-0.39, 0.29) is 23.4 Å². The molecule has 5 nitrogen and oxygen atoms in total. The van der Waals surface area contributed by atoms with Gasteiger partial charge in [0.1, 0.15) is 6.54 Å². The molecule has 0 spiro atoms. The molecule has 4 rings (SSSR count). The smallest absolute Gasteiger partial charge is 0.264 e. The fourth-order valence-corrected chi connectivity index (χ4v) is 6.43. The van der Waals surface area contributed by atoms with Crippen LogP contribution in [0.3, 0.4) is 0 Å². The van der Waals surface area contributed by atoms with Crippen molar-refractivity contribution in [2.45, 2.75) is 57.4 Å². The number of carbonyl (C=O) groups excluding carboxylic acids is 1. The molecule has 2 aliphatic rings. The molecule has 0 saturated heterocycles. The van der Waals surface area contributed by atoms with Crippen LogP contribution in [0, 0.1) is 32.6 Å². The molecule has 30 heavy (non-hydrogen) atoms. The molecule has 0 unspecified atom stereocenters. The van der Waals surface area contributed by atoms with E-state index in [1.54, 1.807) is 30.3 Å². The van der Waals surface area contributed by atoms with Gasteiger partial charge in [0.2, 0.25) is 5.91 Å². The zero-order valence-electron chi connectivity index (χ0n) is 17.9. The number of fused-ring (bicyclic) bond motifs is 2. The van der Waals surface area contributed by atoms with Gasteiger partial charge in [-0.2, -0.15) is 0 Å². The maximum Gasteiger partial charge on any atom is 0.264 e. The number of hydrogen-bond acceptors (Lipinski definition) is 3. The van der Waals surface area contributed by atoms with Gasteiger partial charge in [-0.05, 0) is 81.2 Å². The summed E-state index contributed by atoms with van der Waals surface area (Å²) < 4.78 is 28.4. The number of aryl methyl sites for hydroxylation is 2. The predicted octanol–water partition coefficient (Wildman–Crippen LogP) is 4.11. The van der Waals surface area contributed by atoms with Crippen molar-refractivity contribution in [3.05, 3.63) is 59.2 Å². The molecule has 6 heteroatoms. The molecule has 0 heterocycles. The van der Waals surface area contributed by atoms with Crippen LogP contribution in [-0.4, -0.2) is 26.9 Å². The van der Waals surface area contributed by atoms with Crippen molar-refractivity contribution in [1.29, 1.82) is 0 Å². The van der Waals surface area contributed by atoms with Crippen LogP contribution >= 0.6 is 0 Å². The zero-order chi connectivity index (χ0) is 21.5. The topological polar surface area (TPSA) is 66.5 Å². The Morgan fingerprint density at radius 3 is 2.40 bits per heavy atom. The van der Waals surface area contributed by atoms with Crippen molar-refractivity contribution in [3.63, 3.8) is 0 Å². The predicted molar refractivity (Wildman–Crippen MR) is 119 cm³/mol. The van der Waals surface area contributed by atoms with Crippen LogP contribution in [0.1, 0.15) is 42.4 Å². The number of sulfonamides is 1. The number of amides is 1. The Labute approximate surface area is 179 Å². The van der Waals surface area contributed by atoms with Crippen molar-refractivity contribution in [1.82, 2.24) is 5.32 Å². The van der Waals surface area contributed by atoms with Gasteiger partial charge in [-0.1, -0.05) is 36.2 Å². The molecular formula is C24H30N2O3S. The fourth-order valence-electron chi connectivity index (χ4n) is 4.95. The minimum atomic E-state index is -3.88. The van der Waals surface area contributed by atoms with E-state index in [0.29, 0.717) is 17.5 Å². The van der Waals surface area contributed by atoms with E-state index >= 15 is 0 Å². The van der Waals surface area contributed by atoms with Crippen molar-refractivity contribution < 1.29 is 13.2 Å². The van der Waals surface area contributed by atoms with Crippen molar-refractivity contribution in [2.24, 2.45) is 11.8 Å². The highest BCUT2D eigenvalue weighted by molar-refractivity contribution is 7.92. The van der Waals surface area contributed by atoms with Gasteiger partial charge in [0.25, 0.3) is 10.0 Å². The monoisotopic (exact) mass is 426 g/mol. The minimum absolute atomic E-state index is 0.179. The van der Waals surface area contributed by atoms with E-state index in [4.69, 9.17) is 0 Å². The van der Waals surface area contributed by atoms with E-state index in [2.05, 4.69) is 5.32 Å². The second-order valence-electron chi connectivity index (χ2n) is 8.89. The first-order valence-corrected chi connectivity index (χ1v) is 12.1. The third-order valence-corrected chi connectivity index (χ3v) is 8.60. The van der Waals surface area contributed by atoms with Crippen LogP contribution < -0.4 is 9.62 Å². The summed E-state index contributed by atoms with van der Waals surface area (Å²) >= 11 is 0. The highest BCUT2D eigenvalue weighted by atomic mass is 32.2. The van der Waals surface area contributed by atoms with E-state index in [0.717, 1.165) is 29.5 Å². The van der Waals surface area contributed by atoms with Crippen LogP contribution in [0.15, 0.2) is 47.4 Å². The number of hydrogen-bond donors (Lipinski definition) is 1. The molecule has 2 bridgehead atoms. The summed E-state index contributed by atoms with van der Waals surface area (Å²) in [4.78, 5) is 13.2. The lowest BCUT2D eigenvalue weighted by atomic mass is 9.95. The third kappa shape index (κ3) is 3.97. The number of rotatable bonds is 6. The Kier molecular flexibility index (Phi) is 5.62. The summed E-state index contributed by atoms with van der Waals surface area (Å²) in [5, 5.41) is 3.13. The number of anilines is 1. The lowest BCUT2D eigenvalue weighted by Gasteiger charge is -2.28. The van der Waals surface area contributed by atoms with Gasteiger partial charge in [0.15, 0.2) is 0 Å². The third-order valence-electron chi connectivity index (χ3n) is 6.83. The van der Waals surface area contributed by atoms with Gasteiger partial charge in [0, 0.05) is 6.04 Å². The zero-order valence-corrected chi connectivity index (χ0v) is 18.7. The molecule has 2 aliphatic carbocycles. The molecule has 0 radical (unpaired) electrons. The number of carbonyl (C=O) groups is 1. The minimum Gasteiger partial charge on any atom is -0.352 e. The Bertz CT molecular complexity index is 1050. The standard InChI is InChI=1S/C24H30N2O3S/c1-16-7-11-21(12-8-16)30(28,29)26(23-6-4-5-17(2)18(23)3)15-24(27)25-22-14-19-9-10-20(22)13-19/h4-8,11-12,19-20,22H,9-10,13-15H2,1-3H3,(H,25,27)/t19-,20+,22+/m0/s1. The summed E-state index contributed by atoms with van der Waals surface area (Å²) in [6.07, 6.45) is 4.63. The van der Waals surface area contributed by atoms with E-state index in [1.807, 2.05) is 32.9 Å². The fraction of sp³-hybridized carbons (Fsp3) is 0.458. The largest absolute Gasteiger partial charge is 0.352 e. The molecule has 0 aliphatic heterocycles. The number of benzene rings is 2. The van der Waals surface area contributed by atoms with Gasteiger partial charge in [0.05, 0.1) is 10.6 Å². The first kappa shape index (κ1) is 20.9. The van der Waals surface area contributed by atoms with E-state index in [1.165, 1.54) is 17.1 Å². The Hall–Kier alpha value is -2.34. The molecule has 2 fully saturated rings. The van der Waals surface area contributed by atoms with Crippen LogP contribution in [0.5, 0.6) is 0 Å². The average molecular weight is 427 g/mol. The summed E-state index contributed by atoms with van der Waals surface area (Å²) in [7, 11) is -3.88. The molecule has 2 saturated carbocycles. The first-order chi connectivity index (χ1) is 14.3. The Balaban J connectivity index is 1.64. The van der Waals surface area contributed by atoms with Crippen LogP contribution in [0.25, 0.3) is 0 Å². The SMILES string of the molecule is Cc1ccc(S(=O)(=O)N(CC(=O)N[C@@H]2C[C@H]3CC[C@@H]2C3)c2cccc(C)c2C)cc1. The highest BCUT2D eigenvalue weighted by Gasteiger charge is 2.40. The summed E-state index contributed by atoms with van der Waals surface area (Å²) in [5.74, 6) is 1.03. The lowest BCUT2D eigenvalue weighted by Crippen LogP contribution is -2.46. The van der Waals surface area contributed by atoms with Gasteiger partial charge < -0.3 is 5.32 Å². The molecule has 0 aromatic heterocycles. The maximum atomic E-state index is 13.6. The number of nitrogens with one attached hydrogen (secondary N) is 1. The maximum absolute atomic E-state index is 13.6. The molecule has 2 aromatic carbocycles. The molecule has 1 N–H and O–H groups in total. The Morgan fingerprint density at radius 1 is 1.03 bits per heavy atom. The van der Waals surface area contributed by atoms with E-state index < -0.39 is 10.0 Å². The van der Waals surface area contributed by atoms with Gasteiger partial charge in [-0.3, -0.25) is 9.10 Å². The van der Waals surface area contributed by atoms with Crippen LogP contribution in [-0.2, 0) is 14.8 Å². The van der Waals surface area contributed by atoms with Crippen LogP contribution in [0.2, 0.25) is 0 Å². The van der Waals surface area contributed by atoms with Gasteiger partial charge in [-0.25, -0.2) is 8.42 Å². The van der Waals surface area contributed by atoms with Gasteiger partial charge in [-0.15, -0.1) is 0 Å². The second-order valence-corrected chi connectivity index (χ2v) is 10.8. The molecular weight excluding hydrogens is 396 g/mol. The lowest BCUT2D eigenvalue weighted by molar-refractivity contribution is -0.120. The summed E-state index contributed by atoms with van der Waals surface area (Å²) in [6.45, 7) is 5.55. The second kappa shape index (κ2) is 8.06. The molecule has 160 valence electrons. The Morgan fingerprint density at radius 2 is 1.77 bits per heavy atom. The average Bonchev–Trinajstić information content (AvgIpc) is 3.32. The van der Waals surface area contributed by atoms with Crippen molar-refractivity contribution in [2.75, 3.05) is 10.8 Å². The normalized spacial score (nSPS) is 22.8. The van der Waals surface area contributed by atoms with Crippen LogP contribution in [0.4, 0.5) is 5.69 Å². The van der Waals surface area contributed by atoms with Crippen molar-refractivity contribution >= 4 is 21.6 Å². The van der Waals surface area contributed by atoms with Crippen molar-refractivity contribution in [3.8, 4) is 0 Å². The van der Waals surface area contributed by atoms with E-state index in [9.17, 15) is 13.2 Å². The molecule has 3 atom stereocenters. The molecule has 2 aromatic rings. The summed E-state index contributed by atoms with van der Waals surface area (Å²) in [5.41, 5.74) is 3.39. The molecule has 1 amide bonds. The highest BCUT2D eigenvalue weighted by Crippen LogP contribution is 2.44. The summed E-state index contributed by atoms with van der Waals surface area (Å²) in [6, 6.07) is 12.5. The number of nitrogens with zero attached hydrogens (tertiary/aromatic N) is 1. The van der Waals surface area contributed by atoms with Gasteiger partial charge >= 0.3 is 0 Å². The quantitative estimate of drug-likeness (QED) is 0.756.